The predicted molar refractivity (Wildman–Crippen MR) is 90.2 cm³/mol. The van der Waals surface area contributed by atoms with Gasteiger partial charge in [-0.15, -0.1) is 0 Å². The van der Waals surface area contributed by atoms with Crippen LogP contribution in [0.3, 0.4) is 0 Å². The molecule has 1 aromatic heterocycles. The largest absolute Gasteiger partial charge is 0.454 e. The Hall–Kier alpha value is -2.08. The molecular weight excluding hydrogens is 304 g/mol. The summed E-state index contributed by atoms with van der Waals surface area (Å²) >= 11 is 0. The lowest BCUT2D eigenvalue weighted by atomic mass is 9.95. The Morgan fingerprint density at radius 2 is 1.92 bits per heavy atom. The summed E-state index contributed by atoms with van der Waals surface area (Å²) in [6, 6.07) is 6.65. The van der Waals surface area contributed by atoms with E-state index in [2.05, 4.69) is 45.9 Å². The van der Waals surface area contributed by atoms with E-state index in [0.717, 1.165) is 22.9 Å². The van der Waals surface area contributed by atoms with Gasteiger partial charge >= 0.3 is 0 Å². The van der Waals surface area contributed by atoms with Crippen LogP contribution in [0, 0.1) is 0 Å². The average Bonchev–Trinajstić information content (AvgIpc) is 3.24. The molecule has 1 atom stereocenters. The summed E-state index contributed by atoms with van der Waals surface area (Å²) < 4.78 is 13.1. The van der Waals surface area contributed by atoms with Crippen molar-refractivity contribution in [3.8, 4) is 11.5 Å². The molecule has 0 unspecified atom stereocenters. The number of benzene rings is 1. The predicted octanol–water partition coefficient (Wildman–Crippen LogP) is 3.16. The first-order chi connectivity index (χ1) is 11.7. The second-order valence-electron chi connectivity index (χ2n) is 6.83. The third-order valence-electron chi connectivity index (χ3n) is 4.99. The molecule has 0 N–H and O–H groups in total. The molecule has 4 rings (SSSR count). The van der Waals surface area contributed by atoms with Crippen molar-refractivity contribution in [1.82, 2.24) is 19.7 Å². The molecule has 1 aliphatic carbocycles. The van der Waals surface area contributed by atoms with Crippen LogP contribution in [0.1, 0.15) is 55.6 Å². The highest BCUT2D eigenvalue weighted by Crippen LogP contribution is 2.38. The fourth-order valence-electron chi connectivity index (χ4n) is 3.82. The van der Waals surface area contributed by atoms with Crippen molar-refractivity contribution in [3.05, 3.63) is 35.9 Å². The molecule has 0 bridgehead atoms. The van der Waals surface area contributed by atoms with Gasteiger partial charge < -0.3 is 9.47 Å². The Kier molecular flexibility index (Phi) is 4.14. The van der Waals surface area contributed by atoms with Gasteiger partial charge in [-0.1, -0.05) is 25.3 Å². The lowest BCUT2D eigenvalue weighted by Crippen LogP contribution is -2.27. The van der Waals surface area contributed by atoms with Gasteiger partial charge in [0.1, 0.15) is 12.2 Å². The Morgan fingerprint density at radius 3 is 2.71 bits per heavy atom. The number of hydrogen-bond acceptors (Lipinski definition) is 5. The number of hydrogen-bond donors (Lipinski definition) is 0. The first-order valence-corrected chi connectivity index (χ1v) is 8.69. The number of rotatable bonds is 4. The molecule has 24 heavy (non-hydrogen) atoms. The van der Waals surface area contributed by atoms with Gasteiger partial charge in [0.2, 0.25) is 6.79 Å². The van der Waals surface area contributed by atoms with E-state index >= 15 is 0 Å². The minimum absolute atomic E-state index is 0.0453. The number of aromatic nitrogens is 3. The Morgan fingerprint density at radius 1 is 1.12 bits per heavy atom. The zero-order valence-electron chi connectivity index (χ0n) is 14.3. The molecule has 1 aliphatic heterocycles. The zero-order valence-corrected chi connectivity index (χ0v) is 14.3. The van der Waals surface area contributed by atoms with E-state index in [4.69, 9.17) is 9.47 Å². The van der Waals surface area contributed by atoms with E-state index in [-0.39, 0.29) is 6.04 Å². The molecule has 2 aliphatic rings. The summed E-state index contributed by atoms with van der Waals surface area (Å²) in [6.07, 6.45) is 7.96. The summed E-state index contributed by atoms with van der Waals surface area (Å²) in [4.78, 5) is 6.80. The van der Waals surface area contributed by atoms with Crippen molar-refractivity contribution < 1.29 is 9.47 Å². The fourth-order valence-corrected chi connectivity index (χ4v) is 3.82. The molecule has 1 aromatic carbocycles. The molecule has 0 radical (unpaired) electrons. The number of nitrogens with zero attached hydrogens (tertiary/aromatic N) is 4. The third kappa shape index (κ3) is 2.75. The molecule has 1 saturated carbocycles. The van der Waals surface area contributed by atoms with Crippen molar-refractivity contribution in [1.29, 1.82) is 0 Å². The molecule has 128 valence electrons. The first-order valence-electron chi connectivity index (χ1n) is 8.69. The van der Waals surface area contributed by atoms with Crippen LogP contribution < -0.4 is 9.47 Å². The van der Waals surface area contributed by atoms with Crippen LogP contribution in [0.15, 0.2) is 24.5 Å². The molecule has 1 fully saturated rings. The SMILES string of the molecule is CN(C)[C@H](c1ccc2c(c1)OCO2)c1ncnn1C1CCCCC1. The minimum atomic E-state index is 0.0453. The Bertz CT molecular complexity index is 707. The van der Waals surface area contributed by atoms with E-state index in [9.17, 15) is 0 Å². The van der Waals surface area contributed by atoms with Gasteiger partial charge in [-0.3, -0.25) is 4.90 Å². The van der Waals surface area contributed by atoms with Crippen LogP contribution >= 0.6 is 0 Å². The monoisotopic (exact) mass is 328 g/mol. The summed E-state index contributed by atoms with van der Waals surface area (Å²) in [5.41, 5.74) is 1.15. The smallest absolute Gasteiger partial charge is 0.231 e. The van der Waals surface area contributed by atoms with Crippen LogP contribution in [-0.4, -0.2) is 40.6 Å². The summed E-state index contributed by atoms with van der Waals surface area (Å²) in [7, 11) is 4.16. The van der Waals surface area contributed by atoms with E-state index in [1.807, 2.05) is 6.07 Å². The molecular formula is C18H24N4O2. The van der Waals surface area contributed by atoms with Gasteiger partial charge in [0.15, 0.2) is 11.5 Å². The quantitative estimate of drug-likeness (QED) is 0.863. The Balaban J connectivity index is 1.70. The van der Waals surface area contributed by atoms with E-state index in [0.29, 0.717) is 12.8 Å². The number of fused-ring (bicyclic) bond motifs is 1. The maximum atomic E-state index is 5.55. The molecule has 6 heteroatoms. The van der Waals surface area contributed by atoms with Crippen LogP contribution in [0.2, 0.25) is 0 Å². The summed E-state index contributed by atoms with van der Waals surface area (Å²) in [6.45, 7) is 0.295. The third-order valence-corrected chi connectivity index (χ3v) is 4.99. The van der Waals surface area contributed by atoms with E-state index in [1.54, 1.807) is 6.33 Å². The fraction of sp³-hybridized carbons (Fsp3) is 0.556. The maximum absolute atomic E-state index is 5.55. The van der Waals surface area contributed by atoms with Crippen LogP contribution in [0.4, 0.5) is 0 Å². The van der Waals surface area contributed by atoms with E-state index < -0.39 is 0 Å². The number of ether oxygens (including phenoxy) is 2. The first kappa shape index (κ1) is 15.4. The highest BCUT2D eigenvalue weighted by atomic mass is 16.7. The lowest BCUT2D eigenvalue weighted by molar-refractivity contribution is 0.174. The van der Waals surface area contributed by atoms with Crippen LogP contribution in [0.25, 0.3) is 0 Å². The van der Waals surface area contributed by atoms with Gasteiger partial charge in [0, 0.05) is 0 Å². The molecule has 2 aromatic rings. The van der Waals surface area contributed by atoms with Crippen molar-refractivity contribution in [2.45, 2.75) is 44.2 Å². The highest BCUT2D eigenvalue weighted by molar-refractivity contribution is 5.46. The molecule has 2 heterocycles. The van der Waals surface area contributed by atoms with Gasteiger partial charge in [-0.2, -0.15) is 5.10 Å². The second-order valence-corrected chi connectivity index (χ2v) is 6.83. The topological polar surface area (TPSA) is 52.4 Å². The van der Waals surface area contributed by atoms with E-state index in [1.165, 1.54) is 32.1 Å². The summed E-state index contributed by atoms with van der Waals surface area (Å²) in [5.74, 6) is 2.62. The highest BCUT2D eigenvalue weighted by Gasteiger charge is 2.28. The van der Waals surface area contributed by atoms with Gasteiger partial charge in [0.25, 0.3) is 0 Å². The van der Waals surface area contributed by atoms with Gasteiger partial charge in [-0.05, 0) is 44.6 Å². The zero-order chi connectivity index (χ0) is 16.5. The Labute approximate surface area is 142 Å². The van der Waals surface area contributed by atoms with Crippen LogP contribution in [0.5, 0.6) is 11.5 Å². The average molecular weight is 328 g/mol. The second kappa shape index (κ2) is 6.43. The minimum Gasteiger partial charge on any atom is -0.454 e. The van der Waals surface area contributed by atoms with Crippen molar-refractivity contribution in [2.24, 2.45) is 0 Å². The lowest BCUT2D eigenvalue weighted by Gasteiger charge is -2.29. The van der Waals surface area contributed by atoms with Gasteiger partial charge in [0.05, 0.1) is 12.1 Å². The van der Waals surface area contributed by atoms with Crippen molar-refractivity contribution in [3.63, 3.8) is 0 Å². The van der Waals surface area contributed by atoms with Crippen LogP contribution in [-0.2, 0) is 0 Å². The van der Waals surface area contributed by atoms with Crippen molar-refractivity contribution in [2.75, 3.05) is 20.9 Å². The normalized spacial score (nSPS) is 19.0. The molecule has 0 saturated heterocycles. The molecule has 0 amide bonds. The van der Waals surface area contributed by atoms with Gasteiger partial charge in [-0.25, -0.2) is 9.67 Å². The standard InChI is InChI=1S/C18H24N4O2/c1-21(2)17(13-8-9-15-16(10-13)24-12-23-15)18-19-11-20-22(18)14-6-4-3-5-7-14/h8-11,14,17H,3-7,12H2,1-2H3/t17-/m1/s1. The summed E-state index contributed by atoms with van der Waals surface area (Å²) in [5, 5.41) is 4.56. The molecule has 6 nitrogen and oxygen atoms in total. The molecule has 0 spiro atoms. The van der Waals surface area contributed by atoms with Crippen molar-refractivity contribution >= 4 is 0 Å². The maximum Gasteiger partial charge on any atom is 0.231 e.